The van der Waals surface area contributed by atoms with Crippen molar-refractivity contribution >= 4 is 11.6 Å². The summed E-state index contributed by atoms with van der Waals surface area (Å²) in [5.74, 6) is 1.42. The molecule has 1 aliphatic heterocycles. The first-order valence-electron chi connectivity index (χ1n) is 7.18. The number of likely N-dealkylation sites (tertiary alicyclic amines) is 1. The summed E-state index contributed by atoms with van der Waals surface area (Å²) in [5.41, 5.74) is 0. The number of rotatable bonds is 4. The maximum Gasteiger partial charge on any atom is 0.170 e. The van der Waals surface area contributed by atoms with Crippen LogP contribution in [0, 0.1) is 5.82 Å². The molecule has 5 heteroatoms. The van der Waals surface area contributed by atoms with Crippen LogP contribution in [0.25, 0.3) is 0 Å². The van der Waals surface area contributed by atoms with Crippen LogP contribution in [-0.4, -0.2) is 31.1 Å². The van der Waals surface area contributed by atoms with E-state index in [1.54, 1.807) is 30.3 Å². The average molecular weight is 322 g/mol. The molecule has 2 aromatic carbocycles. The Morgan fingerprint density at radius 2 is 1.91 bits per heavy atom. The predicted molar refractivity (Wildman–Crippen MR) is 84.5 cm³/mol. The van der Waals surface area contributed by atoms with E-state index in [9.17, 15) is 4.39 Å². The SMILES string of the molecule is CN1CCC(Oc2ccc(Cl)cc2Oc2ccc(F)cc2)C1. The first-order chi connectivity index (χ1) is 10.6. The van der Waals surface area contributed by atoms with Gasteiger partial charge in [-0.25, -0.2) is 4.39 Å². The van der Waals surface area contributed by atoms with Gasteiger partial charge < -0.3 is 14.4 Å². The molecule has 3 rings (SSSR count). The van der Waals surface area contributed by atoms with Crippen molar-refractivity contribution in [1.29, 1.82) is 0 Å². The molecule has 0 amide bonds. The predicted octanol–water partition coefficient (Wildman–Crippen LogP) is 4.35. The summed E-state index contributed by atoms with van der Waals surface area (Å²) in [6.45, 7) is 1.91. The number of nitrogens with zero attached hydrogens (tertiary/aromatic N) is 1. The van der Waals surface area contributed by atoms with Crippen LogP contribution in [0.15, 0.2) is 42.5 Å². The Labute approximate surface area is 134 Å². The topological polar surface area (TPSA) is 21.7 Å². The molecule has 3 nitrogen and oxygen atoms in total. The number of likely N-dealkylation sites (N-methyl/N-ethyl adjacent to an activating group) is 1. The first-order valence-corrected chi connectivity index (χ1v) is 7.56. The second-order valence-corrected chi connectivity index (χ2v) is 5.87. The lowest BCUT2D eigenvalue weighted by Crippen LogP contribution is -2.21. The second kappa shape index (κ2) is 6.55. The normalized spacial score (nSPS) is 18.4. The summed E-state index contributed by atoms with van der Waals surface area (Å²) < 4.78 is 24.8. The molecule has 1 aliphatic rings. The fourth-order valence-electron chi connectivity index (χ4n) is 2.46. The van der Waals surface area contributed by atoms with Gasteiger partial charge >= 0.3 is 0 Å². The Kier molecular flexibility index (Phi) is 4.50. The number of halogens is 2. The fourth-order valence-corrected chi connectivity index (χ4v) is 2.62. The molecule has 0 spiro atoms. The Balaban J connectivity index is 1.79. The molecule has 1 heterocycles. The van der Waals surface area contributed by atoms with Crippen LogP contribution < -0.4 is 9.47 Å². The van der Waals surface area contributed by atoms with Crippen molar-refractivity contribution in [1.82, 2.24) is 4.90 Å². The van der Waals surface area contributed by atoms with E-state index in [0.717, 1.165) is 19.5 Å². The van der Waals surface area contributed by atoms with Gasteiger partial charge in [0.15, 0.2) is 11.5 Å². The van der Waals surface area contributed by atoms with E-state index < -0.39 is 0 Å². The highest BCUT2D eigenvalue weighted by Crippen LogP contribution is 2.35. The van der Waals surface area contributed by atoms with Gasteiger partial charge in [-0.2, -0.15) is 0 Å². The molecule has 1 unspecified atom stereocenters. The lowest BCUT2D eigenvalue weighted by Gasteiger charge is -2.17. The van der Waals surface area contributed by atoms with E-state index >= 15 is 0 Å². The van der Waals surface area contributed by atoms with Gasteiger partial charge in [0.2, 0.25) is 0 Å². The van der Waals surface area contributed by atoms with Gasteiger partial charge in [0.05, 0.1) is 0 Å². The highest BCUT2D eigenvalue weighted by atomic mass is 35.5. The van der Waals surface area contributed by atoms with Gasteiger partial charge in [0, 0.05) is 24.2 Å². The quantitative estimate of drug-likeness (QED) is 0.835. The van der Waals surface area contributed by atoms with E-state index in [4.69, 9.17) is 21.1 Å². The highest BCUT2D eigenvalue weighted by Gasteiger charge is 2.22. The van der Waals surface area contributed by atoms with Crippen molar-refractivity contribution in [2.45, 2.75) is 12.5 Å². The summed E-state index contributed by atoms with van der Waals surface area (Å²) in [6.07, 6.45) is 1.12. The van der Waals surface area contributed by atoms with E-state index in [0.29, 0.717) is 22.3 Å². The third-order valence-corrected chi connectivity index (χ3v) is 3.82. The standard InChI is InChI=1S/C17H17ClFNO2/c1-20-9-8-15(11-20)22-16-7-2-12(18)10-17(16)21-14-5-3-13(19)4-6-14/h2-7,10,15H,8-9,11H2,1H3. The lowest BCUT2D eigenvalue weighted by molar-refractivity contribution is 0.201. The molecule has 1 fully saturated rings. The van der Waals surface area contributed by atoms with E-state index in [1.807, 2.05) is 0 Å². The minimum absolute atomic E-state index is 0.141. The molecular formula is C17H17ClFNO2. The monoisotopic (exact) mass is 321 g/mol. The van der Waals surface area contributed by atoms with Crippen LogP contribution in [0.1, 0.15) is 6.42 Å². The first kappa shape index (κ1) is 15.1. The third kappa shape index (κ3) is 3.70. The Morgan fingerprint density at radius 1 is 1.14 bits per heavy atom. The summed E-state index contributed by atoms with van der Waals surface area (Å²) in [6, 6.07) is 11.1. The summed E-state index contributed by atoms with van der Waals surface area (Å²) in [4.78, 5) is 2.22. The largest absolute Gasteiger partial charge is 0.485 e. The molecular weight excluding hydrogens is 305 g/mol. The van der Waals surface area contributed by atoms with Crippen LogP contribution in [0.4, 0.5) is 4.39 Å². The van der Waals surface area contributed by atoms with Crippen molar-refractivity contribution in [3.63, 3.8) is 0 Å². The molecule has 2 aromatic rings. The van der Waals surface area contributed by atoms with Gasteiger partial charge in [-0.15, -0.1) is 0 Å². The molecule has 0 saturated carbocycles. The number of hydrogen-bond acceptors (Lipinski definition) is 3. The highest BCUT2D eigenvalue weighted by molar-refractivity contribution is 6.30. The van der Waals surface area contributed by atoms with Gasteiger partial charge in [0.1, 0.15) is 17.7 Å². The van der Waals surface area contributed by atoms with Crippen LogP contribution in [0.2, 0.25) is 5.02 Å². The average Bonchev–Trinajstić information content (AvgIpc) is 2.90. The minimum Gasteiger partial charge on any atom is -0.485 e. The zero-order valence-corrected chi connectivity index (χ0v) is 13.0. The molecule has 1 saturated heterocycles. The van der Waals surface area contributed by atoms with Crippen molar-refractivity contribution in [2.75, 3.05) is 20.1 Å². The smallest absolute Gasteiger partial charge is 0.170 e. The van der Waals surface area contributed by atoms with E-state index in [2.05, 4.69) is 11.9 Å². The molecule has 0 aromatic heterocycles. The molecule has 116 valence electrons. The van der Waals surface area contributed by atoms with Crippen LogP contribution >= 0.6 is 11.6 Å². The maximum atomic E-state index is 13.0. The number of hydrogen-bond donors (Lipinski definition) is 0. The zero-order valence-electron chi connectivity index (χ0n) is 12.3. The van der Waals surface area contributed by atoms with Crippen molar-refractivity contribution in [3.05, 3.63) is 53.3 Å². The zero-order chi connectivity index (χ0) is 15.5. The van der Waals surface area contributed by atoms with Gasteiger partial charge in [-0.05, 0) is 49.9 Å². The van der Waals surface area contributed by atoms with Crippen LogP contribution in [0.5, 0.6) is 17.2 Å². The van der Waals surface area contributed by atoms with E-state index in [1.165, 1.54) is 12.1 Å². The molecule has 0 bridgehead atoms. The second-order valence-electron chi connectivity index (χ2n) is 5.44. The number of ether oxygens (including phenoxy) is 2. The summed E-state index contributed by atoms with van der Waals surface area (Å²) in [7, 11) is 2.07. The molecule has 0 aliphatic carbocycles. The summed E-state index contributed by atoms with van der Waals surface area (Å²) >= 11 is 6.04. The molecule has 1 atom stereocenters. The molecule has 0 radical (unpaired) electrons. The Hall–Kier alpha value is -1.78. The Bertz CT molecular complexity index is 648. The minimum atomic E-state index is -0.302. The fraction of sp³-hybridized carbons (Fsp3) is 0.294. The summed E-state index contributed by atoms with van der Waals surface area (Å²) in [5, 5.41) is 0.563. The van der Waals surface area contributed by atoms with Crippen molar-refractivity contribution in [3.8, 4) is 17.2 Å². The third-order valence-electron chi connectivity index (χ3n) is 3.59. The Morgan fingerprint density at radius 3 is 2.59 bits per heavy atom. The van der Waals surface area contributed by atoms with Gasteiger partial charge in [0.25, 0.3) is 0 Å². The van der Waals surface area contributed by atoms with Crippen LogP contribution in [-0.2, 0) is 0 Å². The van der Waals surface area contributed by atoms with Crippen molar-refractivity contribution < 1.29 is 13.9 Å². The maximum absolute atomic E-state index is 13.0. The van der Waals surface area contributed by atoms with Crippen molar-refractivity contribution in [2.24, 2.45) is 0 Å². The lowest BCUT2D eigenvalue weighted by atomic mass is 10.3. The van der Waals surface area contributed by atoms with E-state index in [-0.39, 0.29) is 11.9 Å². The van der Waals surface area contributed by atoms with Gasteiger partial charge in [-0.1, -0.05) is 11.6 Å². The van der Waals surface area contributed by atoms with Gasteiger partial charge in [-0.3, -0.25) is 0 Å². The number of benzene rings is 2. The van der Waals surface area contributed by atoms with Crippen LogP contribution in [0.3, 0.4) is 0 Å². The molecule has 0 N–H and O–H groups in total. The molecule has 22 heavy (non-hydrogen) atoms.